The Morgan fingerprint density at radius 2 is 1.88 bits per heavy atom. The summed E-state index contributed by atoms with van der Waals surface area (Å²) in [4.78, 5) is 12.5. The topological polar surface area (TPSA) is 38.7 Å². The first-order chi connectivity index (χ1) is 7.81. The highest BCUT2D eigenvalue weighted by Gasteiger charge is 2.05. The van der Waals surface area contributed by atoms with Gasteiger partial charge in [-0.2, -0.15) is 0 Å². The Kier molecular flexibility index (Phi) is 7.76. The Morgan fingerprint density at radius 3 is 2.38 bits per heavy atom. The summed E-state index contributed by atoms with van der Waals surface area (Å²) in [5, 5.41) is 0. The number of thiazole rings is 1. The molecule has 5 heteroatoms. The Labute approximate surface area is 105 Å². The molecule has 16 heavy (non-hydrogen) atoms. The van der Waals surface area contributed by atoms with E-state index >= 15 is 0 Å². The summed E-state index contributed by atoms with van der Waals surface area (Å²) >= 11 is 3.29. The minimum atomic E-state index is 0.817. The smallest absolute Gasteiger partial charge is 0.175 e. The summed E-state index contributed by atoms with van der Waals surface area (Å²) in [5.74, 6) is 0. The van der Waals surface area contributed by atoms with Crippen molar-refractivity contribution >= 4 is 33.4 Å². The van der Waals surface area contributed by atoms with Crippen LogP contribution in [0.2, 0.25) is 0 Å². The van der Waals surface area contributed by atoms with Crippen molar-refractivity contribution in [2.75, 3.05) is 6.26 Å². The second kappa shape index (κ2) is 8.24. The molecule has 0 fully saturated rings. The van der Waals surface area contributed by atoms with Crippen LogP contribution >= 0.6 is 23.1 Å². The van der Waals surface area contributed by atoms with Gasteiger partial charge in [-0.05, 0) is 13.2 Å². The van der Waals surface area contributed by atoms with Crippen LogP contribution in [0.1, 0.15) is 19.5 Å². The Bertz CT molecular complexity index is 426. The molecule has 0 bridgehead atoms. The summed E-state index contributed by atoms with van der Waals surface area (Å²) in [5.41, 5.74) is 1.83. The van der Waals surface area contributed by atoms with Crippen molar-refractivity contribution in [2.45, 2.75) is 25.1 Å². The second-order valence-electron chi connectivity index (χ2n) is 2.30. The monoisotopic (exact) mass is 255 g/mol. The number of hydrogen-bond acceptors (Lipinski definition) is 5. The summed E-state index contributed by atoms with van der Waals surface area (Å²) in [6.07, 6.45) is 3.57. The molecule has 0 aliphatic rings. The maximum atomic E-state index is 4.32. The average Bonchev–Trinajstić information content (AvgIpc) is 2.79. The second-order valence-corrected chi connectivity index (χ2v) is 4.35. The van der Waals surface area contributed by atoms with E-state index in [9.17, 15) is 0 Å². The highest BCUT2D eigenvalue weighted by molar-refractivity contribution is 8.00. The van der Waals surface area contributed by atoms with Crippen molar-refractivity contribution in [1.82, 2.24) is 15.0 Å². The van der Waals surface area contributed by atoms with Crippen molar-refractivity contribution in [3.63, 3.8) is 0 Å². The molecule has 0 atom stereocenters. The van der Waals surface area contributed by atoms with E-state index < -0.39 is 0 Å². The van der Waals surface area contributed by atoms with E-state index in [1.807, 2.05) is 27.0 Å². The van der Waals surface area contributed by atoms with Crippen molar-refractivity contribution in [3.8, 4) is 0 Å². The number of aryl methyl sites for hydroxylation is 1. The Morgan fingerprint density at radius 1 is 1.25 bits per heavy atom. The van der Waals surface area contributed by atoms with Gasteiger partial charge in [0.25, 0.3) is 0 Å². The molecule has 0 spiro atoms. The number of rotatable bonds is 1. The number of nitrogens with zero attached hydrogens (tertiary/aromatic N) is 3. The molecule has 2 aromatic rings. The molecule has 0 aliphatic heterocycles. The van der Waals surface area contributed by atoms with E-state index in [1.165, 1.54) is 0 Å². The van der Waals surface area contributed by atoms with Crippen LogP contribution in [0, 0.1) is 6.92 Å². The number of aromatic nitrogens is 3. The third kappa shape index (κ3) is 3.57. The summed E-state index contributed by atoms with van der Waals surface area (Å²) in [6.45, 7) is 12.0. The van der Waals surface area contributed by atoms with Gasteiger partial charge < -0.3 is 0 Å². The van der Waals surface area contributed by atoms with Crippen molar-refractivity contribution in [2.24, 2.45) is 0 Å². The van der Waals surface area contributed by atoms with Gasteiger partial charge in [-0.15, -0.1) is 24.5 Å². The maximum Gasteiger partial charge on any atom is 0.175 e. The minimum Gasteiger partial charge on any atom is -0.240 e. The summed E-state index contributed by atoms with van der Waals surface area (Å²) in [6, 6.07) is 0. The zero-order chi connectivity index (χ0) is 12.6. The van der Waals surface area contributed by atoms with Gasteiger partial charge >= 0.3 is 0 Å². The fourth-order valence-corrected chi connectivity index (χ4v) is 2.39. The van der Waals surface area contributed by atoms with E-state index in [0.29, 0.717) is 0 Å². The van der Waals surface area contributed by atoms with Gasteiger partial charge in [-0.1, -0.05) is 25.6 Å². The fraction of sp³-hybridized carbons (Fsp3) is 0.364. The molecule has 2 rings (SSSR count). The zero-order valence-electron chi connectivity index (χ0n) is 10.1. The molecule has 88 valence electrons. The molecule has 0 aromatic carbocycles. The maximum absolute atomic E-state index is 4.32. The van der Waals surface area contributed by atoms with Gasteiger partial charge in [0.1, 0.15) is 6.33 Å². The molecule has 0 unspecified atom stereocenters. The van der Waals surface area contributed by atoms with Crippen molar-refractivity contribution in [3.05, 3.63) is 25.2 Å². The van der Waals surface area contributed by atoms with Crippen molar-refractivity contribution < 1.29 is 0 Å². The van der Waals surface area contributed by atoms with Crippen LogP contribution in [0.25, 0.3) is 10.3 Å². The standard InChI is InChI=1S/C7H7N3S2.C2H6.C2H4/c1-4-5-6(9-3-8-4)10-7(11-2)12-5;2*1-2/h3H,1-2H3;1-2H3;1-2H2. The van der Waals surface area contributed by atoms with E-state index in [4.69, 9.17) is 0 Å². The van der Waals surface area contributed by atoms with Crippen molar-refractivity contribution in [1.29, 1.82) is 0 Å². The number of thioether (sulfide) groups is 1. The number of fused-ring (bicyclic) bond motifs is 1. The third-order valence-corrected chi connectivity index (χ3v) is 3.66. The molecule has 0 N–H and O–H groups in total. The van der Waals surface area contributed by atoms with Gasteiger partial charge in [0.05, 0.1) is 10.4 Å². The average molecular weight is 255 g/mol. The van der Waals surface area contributed by atoms with E-state index in [2.05, 4.69) is 28.1 Å². The lowest BCUT2D eigenvalue weighted by Crippen LogP contribution is -1.82. The molecule has 2 aromatic heterocycles. The van der Waals surface area contributed by atoms with E-state index in [0.717, 1.165) is 20.4 Å². The lowest BCUT2D eigenvalue weighted by Gasteiger charge is -1.88. The third-order valence-electron chi connectivity index (χ3n) is 1.52. The SMILES string of the molecule is C=C.CC.CSc1nc2ncnc(C)c2s1. The largest absolute Gasteiger partial charge is 0.240 e. The van der Waals surface area contributed by atoms with Crippen LogP contribution in [0.15, 0.2) is 23.8 Å². The predicted molar refractivity (Wildman–Crippen MR) is 74.3 cm³/mol. The summed E-state index contributed by atoms with van der Waals surface area (Å²) < 4.78 is 2.15. The van der Waals surface area contributed by atoms with Gasteiger partial charge in [0, 0.05) is 0 Å². The van der Waals surface area contributed by atoms with Gasteiger partial charge in [0.2, 0.25) is 0 Å². The van der Waals surface area contributed by atoms with Crippen LogP contribution in [-0.2, 0) is 0 Å². The molecular weight excluding hydrogens is 238 g/mol. The lowest BCUT2D eigenvalue weighted by molar-refractivity contribution is 1.13. The quantitative estimate of drug-likeness (QED) is 0.571. The molecule has 0 aliphatic carbocycles. The Balaban J connectivity index is 0.000000509. The fourth-order valence-electron chi connectivity index (χ4n) is 0.932. The zero-order valence-corrected chi connectivity index (χ0v) is 11.8. The van der Waals surface area contributed by atoms with Crippen LogP contribution in [0.3, 0.4) is 0 Å². The lowest BCUT2D eigenvalue weighted by atomic mass is 10.4. The highest BCUT2D eigenvalue weighted by Crippen LogP contribution is 2.27. The molecule has 2 heterocycles. The number of hydrogen-bond donors (Lipinski definition) is 0. The normalized spacial score (nSPS) is 8.75. The molecular formula is C11H17N3S2. The van der Waals surface area contributed by atoms with E-state index in [-0.39, 0.29) is 0 Å². The molecule has 0 radical (unpaired) electrons. The molecule has 3 nitrogen and oxygen atoms in total. The Hall–Kier alpha value is -0.940. The molecule has 0 saturated carbocycles. The van der Waals surface area contributed by atoms with Crippen LogP contribution in [-0.4, -0.2) is 21.2 Å². The molecule has 0 saturated heterocycles. The van der Waals surface area contributed by atoms with Gasteiger partial charge in [0.15, 0.2) is 9.99 Å². The van der Waals surface area contributed by atoms with Gasteiger partial charge in [-0.3, -0.25) is 0 Å². The minimum absolute atomic E-state index is 0.817. The predicted octanol–water partition coefficient (Wildman–Crippen LogP) is 3.95. The summed E-state index contributed by atoms with van der Waals surface area (Å²) in [7, 11) is 0. The van der Waals surface area contributed by atoms with E-state index in [1.54, 1.807) is 29.4 Å². The van der Waals surface area contributed by atoms with Crippen LogP contribution < -0.4 is 0 Å². The van der Waals surface area contributed by atoms with Crippen LogP contribution in [0.4, 0.5) is 0 Å². The first-order valence-electron chi connectivity index (χ1n) is 4.93. The van der Waals surface area contributed by atoms with Gasteiger partial charge in [-0.25, -0.2) is 15.0 Å². The first kappa shape index (κ1) is 15.1. The van der Waals surface area contributed by atoms with Crippen LogP contribution in [0.5, 0.6) is 0 Å². The first-order valence-corrected chi connectivity index (χ1v) is 6.97. The highest BCUT2D eigenvalue weighted by atomic mass is 32.2. The molecule has 0 amide bonds.